The molecular formula is C15H30O2Si. The first-order chi connectivity index (χ1) is 8.26. The van der Waals surface area contributed by atoms with Crippen molar-refractivity contribution in [1.82, 2.24) is 0 Å². The van der Waals surface area contributed by atoms with Gasteiger partial charge in [-0.05, 0) is 43.8 Å². The summed E-state index contributed by atoms with van der Waals surface area (Å²) in [6.45, 7) is 16.0. The van der Waals surface area contributed by atoms with Crippen molar-refractivity contribution >= 4 is 8.32 Å². The standard InChI is InChI=1S/C15H30O2Si/c1-7-8-9-13-10-11-14(17-13)12-16-18(5,6)15(2,3)4/h7,13-14H,1,8-12H2,2-6H3. The highest BCUT2D eigenvalue weighted by atomic mass is 28.4. The van der Waals surface area contributed by atoms with Crippen LogP contribution in [-0.4, -0.2) is 27.1 Å². The van der Waals surface area contributed by atoms with Gasteiger partial charge in [-0.3, -0.25) is 0 Å². The number of hydrogen-bond donors (Lipinski definition) is 0. The van der Waals surface area contributed by atoms with Gasteiger partial charge < -0.3 is 9.16 Å². The Labute approximate surface area is 114 Å². The smallest absolute Gasteiger partial charge is 0.192 e. The zero-order valence-electron chi connectivity index (χ0n) is 12.8. The third-order valence-electron chi connectivity index (χ3n) is 4.32. The fraction of sp³-hybridized carbons (Fsp3) is 0.867. The van der Waals surface area contributed by atoms with Gasteiger partial charge in [0.1, 0.15) is 0 Å². The second-order valence-corrected chi connectivity index (χ2v) is 11.7. The minimum Gasteiger partial charge on any atom is -0.414 e. The topological polar surface area (TPSA) is 18.5 Å². The molecule has 2 atom stereocenters. The normalized spacial score (nSPS) is 25.4. The van der Waals surface area contributed by atoms with Gasteiger partial charge in [0.25, 0.3) is 0 Å². The van der Waals surface area contributed by atoms with E-state index in [9.17, 15) is 0 Å². The number of ether oxygens (including phenoxy) is 1. The summed E-state index contributed by atoms with van der Waals surface area (Å²) < 4.78 is 12.2. The molecule has 3 heteroatoms. The molecule has 0 spiro atoms. The SMILES string of the molecule is C=CCCC1CCC(CO[Si](C)(C)C(C)(C)C)O1. The maximum atomic E-state index is 6.22. The number of hydrogen-bond acceptors (Lipinski definition) is 2. The van der Waals surface area contributed by atoms with E-state index in [1.165, 1.54) is 6.42 Å². The van der Waals surface area contributed by atoms with Crippen LogP contribution >= 0.6 is 0 Å². The average Bonchev–Trinajstić information content (AvgIpc) is 2.70. The molecule has 0 aromatic carbocycles. The van der Waals surface area contributed by atoms with Crippen LogP contribution in [0.2, 0.25) is 18.1 Å². The third kappa shape index (κ3) is 4.52. The molecule has 0 N–H and O–H groups in total. The van der Waals surface area contributed by atoms with E-state index in [1.54, 1.807) is 0 Å². The second kappa shape index (κ2) is 6.35. The molecule has 0 aromatic rings. The van der Waals surface area contributed by atoms with Crippen molar-refractivity contribution in [1.29, 1.82) is 0 Å². The van der Waals surface area contributed by atoms with Crippen LogP contribution in [0.1, 0.15) is 46.5 Å². The molecule has 1 heterocycles. The van der Waals surface area contributed by atoms with E-state index >= 15 is 0 Å². The molecule has 1 saturated heterocycles. The molecule has 0 aromatic heterocycles. The first-order valence-corrected chi connectivity index (χ1v) is 10.1. The third-order valence-corrected chi connectivity index (χ3v) is 8.83. The molecule has 106 valence electrons. The molecule has 0 amide bonds. The molecule has 1 fully saturated rings. The summed E-state index contributed by atoms with van der Waals surface area (Å²) >= 11 is 0. The summed E-state index contributed by atoms with van der Waals surface area (Å²) in [4.78, 5) is 0. The van der Waals surface area contributed by atoms with Gasteiger partial charge in [0.05, 0.1) is 18.8 Å². The Morgan fingerprint density at radius 3 is 2.44 bits per heavy atom. The van der Waals surface area contributed by atoms with Crippen LogP contribution in [0.5, 0.6) is 0 Å². The highest BCUT2D eigenvalue weighted by Crippen LogP contribution is 2.37. The van der Waals surface area contributed by atoms with Crippen molar-refractivity contribution in [3.8, 4) is 0 Å². The van der Waals surface area contributed by atoms with Gasteiger partial charge in [-0.1, -0.05) is 26.8 Å². The van der Waals surface area contributed by atoms with Gasteiger partial charge in [0.2, 0.25) is 0 Å². The second-order valence-electron chi connectivity index (χ2n) is 6.89. The lowest BCUT2D eigenvalue weighted by atomic mass is 10.1. The van der Waals surface area contributed by atoms with E-state index in [1.807, 2.05) is 6.08 Å². The van der Waals surface area contributed by atoms with Gasteiger partial charge in [-0.2, -0.15) is 0 Å². The molecule has 2 unspecified atom stereocenters. The predicted octanol–water partition coefficient (Wildman–Crippen LogP) is 4.52. The van der Waals surface area contributed by atoms with E-state index in [0.29, 0.717) is 12.2 Å². The Morgan fingerprint density at radius 1 is 1.28 bits per heavy atom. The van der Waals surface area contributed by atoms with Crippen LogP contribution in [-0.2, 0) is 9.16 Å². The van der Waals surface area contributed by atoms with Crippen LogP contribution in [0.4, 0.5) is 0 Å². The maximum absolute atomic E-state index is 6.22. The monoisotopic (exact) mass is 270 g/mol. The van der Waals surface area contributed by atoms with Gasteiger partial charge in [0, 0.05) is 0 Å². The van der Waals surface area contributed by atoms with Gasteiger partial charge in [0.15, 0.2) is 8.32 Å². The minimum atomic E-state index is -1.62. The van der Waals surface area contributed by atoms with Crippen LogP contribution in [0, 0.1) is 0 Å². The average molecular weight is 270 g/mol. The summed E-state index contributed by atoms with van der Waals surface area (Å²) in [5.74, 6) is 0. The number of rotatable bonds is 6. The molecule has 0 aliphatic carbocycles. The summed E-state index contributed by atoms with van der Waals surface area (Å²) in [5, 5.41) is 0.286. The molecule has 2 nitrogen and oxygen atoms in total. The van der Waals surface area contributed by atoms with Crippen molar-refractivity contribution in [2.45, 2.75) is 76.8 Å². The van der Waals surface area contributed by atoms with E-state index in [-0.39, 0.29) is 5.04 Å². The predicted molar refractivity (Wildman–Crippen MR) is 80.5 cm³/mol. The molecule has 1 rings (SSSR count). The Hall–Kier alpha value is -0.123. The molecule has 18 heavy (non-hydrogen) atoms. The van der Waals surface area contributed by atoms with Crippen LogP contribution in [0.15, 0.2) is 12.7 Å². The summed E-state index contributed by atoms with van der Waals surface area (Å²) in [5.41, 5.74) is 0. The van der Waals surface area contributed by atoms with Gasteiger partial charge in [-0.15, -0.1) is 6.58 Å². The molecule has 0 saturated carbocycles. The Bertz CT molecular complexity index is 268. The molecule has 0 radical (unpaired) electrons. The van der Waals surface area contributed by atoms with Crippen LogP contribution in [0.3, 0.4) is 0 Å². The van der Waals surface area contributed by atoms with E-state index in [4.69, 9.17) is 9.16 Å². The quantitative estimate of drug-likeness (QED) is 0.522. The fourth-order valence-corrected chi connectivity index (χ4v) is 2.97. The van der Waals surface area contributed by atoms with Crippen LogP contribution < -0.4 is 0 Å². The summed E-state index contributed by atoms with van der Waals surface area (Å²) in [6.07, 6.45) is 7.21. The lowest BCUT2D eigenvalue weighted by Gasteiger charge is -2.36. The van der Waals surface area contributed by atoms with Crippen LogP contribution in [0.25, 0.3) is 0 Å². The summed E-state index contributed by atoms with van der Waals surface area (Å²) in [7, 11) is -1.62. The Kier molecular flexibility index (Phi) is 5.62. The van der Waals surface area contributed by atoms with Gasteiger partial charge in [-0.25, -0.2) is 0 Å². The maximum Gasteiger partial charge on any atom is 0.192 e. The number of allylic oxidation sites excluding steroid dienone is 1. The Morgan fingerprint density at radius 2 is 1.89 bits per heavy atom. The highest BCUT2D eigenvalue weighted by Gasteiger charge is 2.38. The molecule has 1 aliphatic heterocycles. The molecular weight excluding hydrogens is 240 g/mol. The molecule has 1 aliphatic rings. The highest BCUT2D eigenvalue weighted by molar-refractivity contribution is 6.74. The summed E-state index contributed by atoms with van der Waals surface area (Å²) in [6, 6.07) is 0. The van der Waals surface area contributed by atoms with E-state index in [0.717, 1.165) is 25.9 Å². The van der Waals surface area contributed by atoms with E-state index in [2.05, 4.69) is 40.4 Å². The van der Waals surface area contributed by atoms with E-state index < -0.39 is 8.32 Å². The first kappa shape index (κ1) is 15.9. The van der Waals surface area contributed by atoms with Crippen molar-refractivity contribution in [2.24, 2.45) is 0 Å². The first-order valence-electron chi connectivity index (χ1n) is 7.16. The lowest BCUT2D eigenvalue weighted by Crippen LogP contribution is -2.42. The Balaban J connectivity index is 2.31. The minimum absolute atomic E-state index is 0.286. The zero-order valence-corrected chi connectivity index (χ0v) is 13.8. The zero-order chi connectivity index (χ0) is 13.8. The fourth-order valence-electron chi connectivity index (χ4n) is 1.94. The van der Waals surface area contributed by atoms with Crippen molar-refractivity contribution in [3.05, 3.63) is 12.7 Å². The van der Waals surface area contributed by atoms with Gasteiger partial charge >= 0.3 is 0 Å². The van der Waals surface area contributed by atoms with Crippen molar-refractivity contribution in [2.75, 3.05) is 6.61 Å². The largest absolute Gasteiger partial charge is 0.414 e. The molecule has 0 bridgehead atoms. The van der Waals surface area contributed by atoms with Crippen molar-refractivity contribution in [3.63, 3.8) is 0 Å². The van der Waals surface area contributed by atoms with Crippen molar-refractivity contribution < 1.29 is 9.16 Å². The lowest BCUT2D eigenvalue weighted by molar-refractivity contribution is 0.0120.